The smallest absolute Gasteiger partial charge is 0.197 e. The zero-order chi connectivity index (χ0) is 10.7. The zero-order valence-corrected chi connectivity index (χ0v) is 8.27. The molecule has 3 N–H and O–H groups in total. The highest BCUT2D eigenvalue weighted by Crippen LogP contribution is 2.12. The van der Waals surface area contributed by atoms with Gasteiger partial charge in [-0.2, -0.15) is 0 Å². The van der Waals surface area contributed by atoms with E-state index in [1.807, 2.05) is 0 Å². The van der Waals surface area contributed by atoms with Crippen molar-refractivity contribution >= 4 is 5.82 Å². The van der Waals surface area contributed by atoms with Gasteiger partial charge < -0.3 is 15.5 Å². The Morgan fingerprint density at radius 1 is 1.47 bits per heavy atom. The summed E-state index contributed by atoms with van der Waals surface area (Å²) < 4.78 is 4.98. The molecule has 2 aromatic rings. The Labute approximate surface area is 86.5 Å². The largest absolute Gasteiger partial charge is 0.384 e. The number of H-pyrrole nitrogens is 1. The van der Waals surface area contributed by atoms with Crippen LogP contribution in [-0.2, 0) is 11.3 Å². The number of nitrogens with one attached hydrogen (secondary N) is 1. The van der Waals surface area contributed by atoms with E-state index < -0.39 is 0 Å². The van der Waals surface area contributed by atoms with Crippen LogP contribution in [0.15, 0.2) is 18.5 Å². The summed E-state index contributed by atoms with van der Waals surface area (Å²) in [5.41, 5.74) is 6.38. The monoisotopic (exact) mass is 205 g/mol. The number of methoxy groups -OCH3 is 1. The lowest BCUT2D eigenvalue weighted by Crippen LogP contribution is -2.02. The molecule has 0 saturated carbocycles. The number of nitrogen functional groups attached to an aromatic ring is 1. The number of aromatic nitrogens is 4. The first-order valence-corrected chi connectivity index (χ1v) is 4.41. The molecule has 78 valence electrons. The van der Waals surface area contributed by atoms with Gasteiger partial charge in [0.15, 0.2) is 11.6 Å². The Balaban J connectivity index is 2.40. The fourth-order valence-electron chi connectivity index (χ4n) is 1.23. The van der Waals surface area contributed by atoms with Crippen molar-refractivity contribution in [3.8, 4) is 11.6 Å². The Hall–Kier alpha value is -1.95. The van der Waals surface area contributed by atoms with Crippen molar-refractivity contribution < 1.29 is 4.74 Å². The van der Waals surface area contributed by atoms with Gasteiger partial charge in [-0.3, -0.25) is 0 Å². The minimum Gasteiger partial charge on any atom is -0.384 e. The van der Waals surface area contributed by atoms with Crippen molar-refractivity contribution in [3.05, 3.63) is 24.2 Å². The van der Waals surface area contributed by atoms with Crippen LogP contribution in [-0.4, -0.2) is 27.0 Å². The van der Waals surface area contributed by atoms with Gasteiger partial charge in [0.25, 0.3) is 0 Å². The second-order valence-electron chi connectivity index (χ2n) is 2.98. The molecule has 6 nitrogen and oxygen atoms in total. The number of ether oxygens (including phenoxy) is 1. The van der Waals surface area contributed by atoms with Gasteiger partial charge in [0, 0.05) is 25.6 Å². The highest BCUT2D eigenvalue weighted by molar-refractivity contribution is 5.47. The van der Waals surface area contributed by atoms with Gasteiger partial charge >= 0.3 is 0 Å². The number of rotatable bonds is 3. The van der Waals surface area contributed by atoms with Gasteiger partial charge in [0.05, 0.1) is 12.3 Å². The number of anilines is 1. The molecule has 0 aromatic carbocycles. The standard InChI is InChI=1S/C9H11N5O/c1-15-5-6-4-7(10)14-9(13-6)8-11-2-3-12-8/h2-4H,5H2,1H3,(H,11,12)(H2,10,13,14). The summed E-state index contributed by atoms with van der Waals surface area (Å²) in [6.07, 6.45) is 3.34. The second kappa shape index (κ2) is 4.05. The maximum absolute atomic E-state index is 5.65. The average molecular weight is 205 g/mol. The molecule has 0 bridgehead atoms. The zero-order valence-electron chi connectivity index (χ0n) is 8.27. The first kappa shape index (κ1) is 9.60. The van der Waals surface area contributed by atoms with Gasteiger partial charge in [-0.05, 0) is 0 Å². The van der Waals surface area contributed by atoms with Crippen molar-refractivity contribution in [1.29, 1.82) is 0 Å². The molecule has 6 heteroatoms. The Morgan fingerprint density at radius 3 is 3.00 bits per heavy atom. The van der Waals surface area contributed by atoms with Crippen molar-refractivity contribution in [1.82, 2.24) is 19.9 Å². The number of hydrogen-bond acceptors (Lipinski definition) is 5. The molecule has 0 radical (unpaired) electrons. The van der Waals surface area contributed by atoms with E-state index in [0.29, 0.717) is 24.1 Å². The Bertz CT molecular complexity index is 440. The van der Waals surface area contributed by atoms with Gasteiger partial charge in [-0.1, -0.05) is 0 Å². The third-order valence-electron chi connectivity index (χ3n) is 1.80. The predicted octanol–water partition coefficient (Wildman–Crippen LogP) is 0.595. The molecular weight excluding hydrogens is 194 g/mol. The van der Waals surface area contributed by atoms with Crippen LogP contribution in [0.3, 0.4) is 0 Å². The minimum atomic E-state index is 0.403. The lowest BCUT2D eigenvalue weighted by Gasteiger charge is -2.02. The van der Waals surface area contributed by atoms with E-state index in [4.69, 9.17) is 10.5 Å². The second-order valence-corrected chi connectivity index (χ2v) is 2.98. The van der Waals surface area contributed by atoms with Crippen LogP contribution in [0.1, 0.15) is 5.69 Å². The highest BCUT2D eigenvalue weighted by Gasteiger charge is 2.06. The number of hydrogen-bond donors (Lipinski definition) is 2. The molecule has 0 aliphatic carbocycles. The SMILES string of the molecule is COCc1cc(N)nc(-c2ncc[nH]2)n1. The first-order chi connectivity index (χ1) is 7.29. The molecule has 2 rings (SSSR count). The molecular formula is C9H11N5O. The van der Waals surface area contributed by atoms with Crippen molar-refractivity contribution in [2.75, 3.05) is 12.8 Å². The van der Waals surface area contributed by atoms with E-state index in [0.717, 1.165) is 5.69 Å². The summed E-state index contributed by atoms with van der Waals surface area (Å²) in [7, 11) is 1.60. The topological polar surface area (TPSA) is 89.7 Å². The number of nitrogens with two attached hydrogens (primary N) is 1. The van der Waals surface area contributed by atoms with Crippen molar-refractivity contribution in [2.24, 2.45) is 0 Å². The first-order valence-electron chi connectivity index (χ1n) is 4.41. The summed E-state index contributed by atoms with van der Waals surface area (Å²) in [4.78, 5) is 15.3. The van der Waals surface area contributed by atoms with E-state index in [9.17, 15) is 0 Å². The van der Waals surface area contributed by atoms with Crippen LogP contribution in [0.25, 0.3) is 11.6 Å². The van der Waals surface area contributed by atoms with Gasteiger partial charge in [0.1, 0.15) is 5.82 Å². The molecule has 0 fully saturated rings. The van der Waals surface area contributed by atoms with E-state index in [1.165, 1.54) is 0 Å². The van der Waals surface area contributed by atoms with Crippen LogP contribution in [0.4, 0.5) is 5.82 Å². The van der Waals surface area contributed by atoms with Gasteiger partial charge in [-0.25, -0.2) is 15.0 Å². The number of imidazole rings is 1. The van der Waals surface area contributed by atoms with Crippen LogP contribution >= 0.6 is 0 Å². The molecule has 0 aliphatic heterocycles. The molecule has 2 aromatic heterocycles. The molecule has 0 unspecified atom stereocenters. The van der Waals surface area contributed by atoms with Crippen molar-refractivity contribution in [3.63, 3.8) is 0 Å². The third kappa shape index (κ3) is 2.10. The third-order valence-corrected chi connectivity index (χ3v) is 1.80. The lowest BCUT2D eigenvalue weighted by atomic mass is 10.4. The Morgan fingerprint density at radius 2 is 2.33 bits per heavy atom. The molecule has 0 atom stereocenters. The van der Waals surface area contributed by atoms with Crippen LogP contribution in [0, 0.1) is 0 Å². The highest BCUT2D eigenvalue weighted by atomic mass is 16.5. The summed E-state index contributed by atoms with van der Waals surface area (Å²) in [6.45, 7) is 0.403. The molecule has 0 aliphatic rings. The molecule has 15 heavy (non-hydrogen) atoms. The van der Waals surface area contributed by atoms with E-state index >= 15 is 0 Å². The number of nitrogens with zero attached hydrogens (tertiary/aromatic N) is 3. The molecule has 0 saturated heterocycles. The van der Waals surface area contributed by atoms with Crippen LogP contribution in [0.2, 0.25) is 0 Å². The van der Waals surface area contributed by atoms with E-state index in [1.54, 1.807) is 25.6 Å². The fraction of sp³-hybridized carbons (Fsp3) is 0.222. The van der Waals surface area contributed by atoms with Crippen molar-refractivity contribution in [2.45, 2.75) is 6.61 Å². The number of aromatic amines is 1. The lowest BCUT2D eigenvalue weighted by molar-refractivity contribution is 0.181. The molecule has 2 heterocycles. The van der Waals surface area contributed by atoms with Gasteiger partial charge in [-0.15, -0.1) is 0 Å². The fourth-order valence-corrected chi connectivity index (χ4v) is 1.23. The van der Waals surface area contributed by atoms with Crippen LogP contribution in [0.5, 0.6) is 0 Å². The minimum absolute atomic E-state index is 0.403. The van der Waals surface area contributed by atoms with Crippen LogP contribution < -0.4 is 5.73 Å². The van der Waals surface area contributed by atoms with Gasteiger partial charge in [0.2, 0.25) is 0 Å². The summed E-state index contributed by atoms with van der Waals surface area (Å²) in [6, 6.07) is 1.68. The van der Waals surface area contributed by atoms with E-state index in [-0.39, 0.29) is 0 Å². The normalized spacial score (nSPS) is 10.5. The maximum Gasteiger partial charge on any atom is 0.197 e. The maximum atomic E-state index is 5.65. The Kier molecular flexibility index (Phi) is 2.59. The summed E-state index contributed by atoms with van der Waals surface area (Å²) in [5, 5.41) is 0. The molecule has 0 amide bonds. The summed E-state index contributed by atoms with van der Waals surface area (Å²) >= 11 is 0. The average Bonchev–Trinajstić information content (AvgIpc) is 2.70. The molecule has 0 spiro atoms. The summed E-state index contributed by atoms with van der Waals surface area (Å²) in [5.74, 6) is 1.48. The quantitative estimate of drug-likeness (QED) is 0.765. The predicted molar refractivity (Wildman–Crippen MR) is 54.7 cm³/mol. The van der Waals surface area contributed by atoms with E-state index in [2.05, 4.69) is 19.9 Å².